The van der Waals surface area contributed by atoms with Crippen LogP contribution in [0.5, 0.6) is 0 Å². The number of unbranched alkanes of at least 4 members (excludes halogenated alkanes) is 1. The number of tetrazole rings is 1. The molecule has 8 nitrogen and oxygen atoms in total. The highest BCUT2D eigenvalue weighted by Gasteiger charge is 2.28. The van der Waals surface area contributed by atoms with E-state index in [4.69, 9.17) is 23.7 Å². The first-order chi connectivity index (χ1) is 9.34. The number of aromatic amines is 1. The maximum Gasteiger partial charge on any atom is 0.270 e. The topological polar surface area (TPSA) is 122 Å². The third kappa shape index (κ3) is 4.82. The van der Waals surface area contributed by atoms with Gasteiger partial charge < -0.3 is 16.4 Å². The minimum atomic E-state index is -0.605. The zero-order valence-corrected chi connectivity index (χ0v) is 12.9. The van der Waals surface area contributed by atoms with Crippen molar-refractivity contribution in [3.05, 3.63) is 0 Å². The van der Waals surface area contributed by atoms with Gasteiger partial charge in [0.2, 0.25) is 0 Å². The number of hydrogen-bond donors (Lipinski definition) is 3. The van der Waals surface area contributed by atoms with Gasteiger partial charge in [0.25, 0.3) is 5.95 Å². The van der Waals surface area contributed by atoms with E-state index in [0.717, 1.165) is 19.3 Å². The normalized spacial score (nSPS) is 14.9. The summed E-state index contributed by atoms with van der Waals surface area (Å²) < 4.78 is 0. The summed E-state index contributed by atoms with van der Waals surface area (Å²) in [5.41, 5.74) is 11.2. The summed E-state index contributed by atoms with van der Waals surface area (Å²) in [6, 6.07) is 0. The van der Waals surface area contributed by atoms with Gasteiger partial charge in [-0.25, -0.2) is 0 Å². The van der Waals surface area contributed by atoms with E-state index in [-0.39, 0.29) is 0 Å². The van der Waals surface area contributed by atoms with Crippen LogP contribution in [-0.4, -0.2) is 50.6 Å². The lowest BCUT2D eigenvalue weighted by Gasteiger charge is -2.30. The van der Waals surface area contributed by atoms with Crippen molar-refractivity contribution in [1.29, 1.82) is 0 Å². The number of nitrogens with two attached hydrogens (primary N) is 2. The molecular formula is C11H22N8S. The third-order valence-corrected chi connectivity index (χ3v) is 3.63. The van der Waals surface area contributed by atoms with E-state index in [2.05, 4.69) is 25.6 Å². The van der Waals surface area contributed by atoms with Gasteiger partial charge >= 0.3 is 0 Å². The number of aliphatic imine (C=N–C) groups is 1. The van der Waals surface area contributed by atoms with Crippen LogP contribution in [-0.2, 0) is 0 Å². The second-order valence-corrected chi connectivity index (χ2v) is 5.36. The Morgan fingerprint density at radius 2 is 2.20 bits per heavy atom. The van der Waals surface area contributed by atoms with Crippen LogP contribution in [0.4, 0.5) is 5.95 Å². The maximum absolute atomic E-state index is 6.28. The minimum Gasteiger partial charge on any atom is -0.388 e. The predicted molar refractivity (Wildman–Crippen MR) is 83.8 cm³/mol. The molecule has 20 heavy (non-hydrogen) atoms. The van der Waals surface area contributed by atoms with E-state index in [1.54, 1.807) is 18.9 Å². The summed E-state index contributed by atoms with van der Waals surface area (Å²) in [5.74, 6) is 1.02. The highest BCUT2D eigenvalue weighted by Crippen LogP contribution is 2.17. The fourth-order valence-electron chi connectivity index (χ4n) is 1.74. The zero-order valence-electron chi connectivity index (χ0n) is 12.1. The van der Waals surface area contributed by atoms with Crippen molar-refractivity contribution in [3.8, 4) is 0 Å². The van der Waals surface area contributed by atoms with Crippen LogP contribution >= 0.6 is 12.2 Å². The van der Waals surface area contributed by atoms with Crippen LogP contribution in [0.25, 0.3) is 0 Å². The molecule has 0 aliphatic carbocycles. The summed E-state index contributed by atoms with van der Waals surface area (Å²) >= 11 is 5.41. The summed E-state index contributed by atoms with van der Waals surface area (Å²) in [6.07, 6.45) is 2.60. The molecule has 112 valence electrons. The Hall–Kier alpha value is -1.61. The Labute approximate surface area is 124 Å². The Morgan fingerprint density at radius 1 is 1.50 bits per heavy atom. The molecule has 1 unspecified atom stereocenters. The molecule has 1 heterocycles. The summed E-state index contributed by atoms with van der Waals surface area (Å²) in [4.78, 5) is 6.39. The first kappa shape index (κ1) is 16.4. The Balaban J connectivity index is 2.47. The lowest BCUT2D eigenvalue weighted by Crippen LogP contribution is -2.51. The number of likely N-dealkylation sites (N-methyl/N-ethyl adjacent to an activating group) is 1. The predicted octanol–water partition coefficient (Wildman–Crippen LogP) is 0.228. The van der Waals surface area contributed by atoms with Gasteiger partial charge in [-0.3, -0.25) is 4.99 Å². The molecule has 0 bridgehead atoms. The SMILES string of the molecule is CC(N)=NCCCCC(C)(N)C(=S)N(C)c1nn[nH]n1. The number of aromatic nitrogens is 4. The second kappa shape index (κ2) is 7.25. The van der Waals surface area contributed by atoms with Crippen molar-refractivity contribution in [2.75, 3.05) is 18.5 Å². The smallest absolute Gasteiger partial charge is 0.270 e. The molecule has 0 saturated carbocycles. The van der Waals surface area contributed by atoms with Crippen molar-refractivity contribution in [1.82, 2.24) is 20.6 Å². The third-order valence-electron chi connectivity index (χ3n) is 2.89. The van der Waals surface area contributed by atoms with E-state index in [1.807, 2.05) is 6.92 Å². The van der Waals surface area contributed by atoms with E-state index in [0.29, 0.717) is 23.3 Å². The standard InChI is InChI=1S/C11H22N8S/c1-8(12)14-7-5-4-6-11(2,13)9(20)19(3)10-15-17-18-16-10/h4-7,13H2,1-3H3,(H2,12,14)(H,15,16,17,18). The van der Waals surface area contributed by atoms with E-state index >= 15 is 0 Å². The van der Waals surface area contributed by atoms with Crippen LogP contribution in [0.1, 0.15) is 33.1 Å². The monoisotopic (exact) mass is 298 g/mol. The van der Waals surface area contributed by atoms with E-state index < -0.39 is 5.54 Å². The average molecular weight is 298 g/mol. The molecule has 0 spiro atoms. The van der Waals surface area contributed by atoms with Crippen molar-refractivity contribution in [3.63, 3.8) is 0 Å². The van der Waals surface area contributed by atoms with Crippen molar-refractivity contribution >= 4 is 29.0 Å². The molecule has 0 fully saturated rings. The number of nitrogens with one attached hydrogen (secondary N) is 1. The molecule has 5 N–H and O–H groups in total. The van der Waals surface area contributed by atoms with Gasteiger partial charge in [0.15, 0.2) is 0 Å². The quantitative estimate of drug-likeness (QED) is 0.285. The molecule has 0 amide bonds. The minimum absolute atomic E-state index is 0.412. The summed E-state index contributed by atoms with van der Waals surface area (Å²) in [6.45, 7) is 4.40. The van der Waals surface area contributed by atoms with Gasteiger partial charge in [-0.1, -0.05) is 17.3 Å². The van der Waals surface area contributed by atoms with E-state index in [9.17, 15) is 0 Å². The average Bonchev–Trinajstić information content (AvgIpc) is 2.89. The Kier molecular flexibility index (Phi) is 5.96. The van der Waals surface area contributed by atoms with Crippen LogP contribution in [0.15, 0.2) is 4.99 Å². The molecule has 0 saturated heterocycles. The van der Waals surface area contributed by atoms with Crippen LogP contribution in [0, 0.1) is 0 Å². The molecule has 1 aromatic heterocycles. The number of nitrogens with zero attached hydrogens (tertiary/aromatic N) is 5. The van der Waals surface area contributed by atoms with Gasteiger partial charge in [0, 0.05) is 13.6 Å². The first-order valence-corrected chi connectivity index (χ1v) is 6.82. The van der Waals surface area contributed by atoms with Gasteiger partial charge in [-0.15, -0.1) is 5.10 Å². The largest absolute Gasteiger partial charge is 0.388 e. The van der Waals surface area contributed by atoms with Crippen molar-refractivity contribution in [2.45, 2.75) is 38.6 Å². The van der Waals surface area contributed by atoms with Crippen LogP contribution in [0.3, 0.4) is 0 Å². The fraction of sp³-hybridized carbons (Fsp3) is 0.727. The maximum atomic E-state index is 6.28. The highest BCUT2D eigenvalue weighted by atomic mass is 32.1. The van der Waals surface area contributed by atoms with Gasteiger partial charge in [-0.2, -0.15) is 5.21 Å². The highest BCUT2D eigenvalue weighted by molar-refractivity contribution is 7.80. The second-order valence-electron chi connectivity index (χ2n) is 4.97. The molecule has 0 aromatic carbocycles. The van der Waals surface area contributed by atoms with E-state index in [1.165, 1.54) is 0 Å². The lowest BCUT2D eigenvalue weighted by atomic mass is 9.95. The number of amidine groups is 1. The van der Waals surface area contributed by atoms with Crippen molar-refractivity contribution in [2.24, 2.45) is 16.5 Å². The number of anilines is 1. The molecule has 0 aliphatic heterocycles. The Bertz CT molecular complexity index is 449. The molecule has 9 heteroatoms. The van der Waals surface area contributed by atoms with Crippen LogP contribution < -0.4 is 16.4 Å². The summed E-state index contributed by atoms with van der Waals surface area (Å²) in [5, 5.41) is 13.7. The first-order valence-electron chi connectivity index (χ1n) is 6.41. The molecule has 1 aromatic rings. The van der Waals surface area contributed by atoms with Gasteiger partial charge in [-0.05, 0) is 38.3 Å². The molecule has 1 atom stereocenters. The number of hydrogen-bond acceptors (Lipinski definition) is 6. The summed E-state index contributed by atoms with van der Waals surface area (Å²) in [7, 11) is 1.78. The number of thiocarbonyl (C=S) groups is 1. The van der Waals surface area contributed by atoms with Crippen LogP contribution in [0.2, 0.25) is 0 Å². The van der Waals surface area contributed by atoms with Gasteiger partial charge in [0.05, 0.1) is 11.4 Å². The fourth-order valence-corrected chi connectivity index (χ4v) is 1.92. The number of H-pyrrole nitrogens is 1. The zero-order chi connectivity index (χ0) is 15.2. The molecular weight excluding hydrogens is 276 g/mol. The van der Waals surface area contributed by atoms with Crippen molar-refractivity contribution < 1.29 is 0 Å². The Morgan fingerprint density at radius 3 is 2.75 bits per heavy atom. The molecule has 0 radical (unpaired) electrons. The molecule has 1 rings (SSSR count). The molecule has 0 aliphatic rings. The van der Waals surface area contributed by atoms with Gasteiger partial charge in [0.1, 0.15) is 4.99 Å². The lowest BCUT2D eigenvalue weighted by molar-refractivity contribution is 0.529. The number of rotatable bonds is 7.